The molecule has 1 aliphatic heterocycles. The molecular weight excluding hydrogens is 416 g/mol. The molecule has 3 rings (SSSR count). The maximum atomic E-state index is 13.0. The molecule has 1 heterocycles. The van der Waals surface area contributed by atoms with Crippen LogP contribution in [0.5, 0.6) is 5.75 Å². The van der Waals surface area contributed by atoms with Gasteiger partial charge in [-0.2, -0.15) is 0 Å². The monoisotopic (exact) mass is 452 g/mol. The van der Waals surface area contributed by atoms with Crippen LogP contribution in [0.3, 0.4) is 0 Å². The van der Waals surface area contributed by atoms with Crippen LogP contribution in [-0.2, 0) is 22.6 Å². The predicted octanol–water partition coefficient (Wildman–Crippen LogP) is 1.88. The van der Waals surface area contributed by atoms with E-state index in [2.05, 4.69) is 34.7 Å². The number of amides is 2. The molecule has 0 radical (unpaired) electrons. The molecule has 0 bridgehead atoms. The molecule has 178 valence electrons. The van der Waals surface area contributed by atoms with Gasteiger partial charge in [0, 0.05) is 32.1 Å². The number of likely N-dealkylation sites (tertiary alicyclic amines) is 1. The number of nitrogens with zero attached hydrogens (tertiary/aromatic N) is 2. The smallest absolute Gasteiger partial charge is 0.234 e. The summed E-state index contributed by atoms with van der Waals surface area (Å²) in [7, 11) is 7.46. The summed E-state index contributed by atoms with van der Waals surface area (Å²) in [5.41, 5.74) is 3.39. The summed E-state index contributed by atoms with van der Waals surface area (Å²) in [6, 6.07) is 16.2. The van der Waals surface area contributed by atoms with Crippen LogP contribution < -0.4 is 15.4 Å². The van der Waals surface area contributed by atoms with Crippen LogP contribution in [0.2, 0.25) is 0 Å². The first-order valence-corrected chi connectivity index (χ1v) is 11.4. The van der Waals surface area contributed by atoms with Gasteiger partial charge in [0.25, 0.3) is 0 Å². The molecule has 1 saturated heterocycles. The Kier molecular flexibility index (Phi) is 8.86. The molecule has 0 unspecified atom stereocenters. The molecule has 1 aliphatic rings. The van der Waals surface area contributed by atoms with E-state index in [1.54, 1.807) is 7.11 Å². The van der Waals surface area contributed by atoms with Crippen LogP contribution in [0.25, 0.3) is 0 Å². The summed E-state index contributed by atoms with van der Waals surface area (Å²) in [6.07, 6.45) is 0.789. The molecule has 33 heavy (non-hydrogen) atoms. The lowest BCUT2D eigenvalue weighted by atomic mass is 9.88. The van der Waals surface area contributed by atoms with Gasteiger partial charge in [-0.25, -0.2) is 0 Å². The zero-order valence-corrected chi connectivity index (χ0v) is 20.1. The number of ether oxygens (including phenoxy) is 1. The fourth-order valence-electron chi connectivity index (χ4n) is 4.28. The van der Waals surface area contributed by atoms with Gasteiger partial charge in [0.2, 0.25) is 11.8 Å². The highest BCUT2D eigenvalue weighted by Gasteiger charge is 2.36. The highest BCUT2D eigenvalue weighted by Crippen LogP contribution is 2.32. The van der Waals surface area contributed by atoms with Crippen molar-refractivity contribution in [2.24, 2.45) is 5.92 Å². The van der Waals surface area contributed by atoms with E-state index < -0.39 is 0 Å². The van der Waals surface area contributed by atoms with Gasteiger partial charge in [-0.05, 0) is 56.4 Å². The first-order chi connectivity index (χ1) is 15.9. The number of hydrogen-bond acceptors (Lipinski definition) is 5. The molecule has 7 heteroatoms. The second-order valence-corrected chi connectivity index (χ2v) is 9.08. The van der Waals surface area contributed by atoms with Gasteiger partial charge < -0.3 is 25.2 Å². The van der Waals surface area contributed by atoms with E-state index in [-0.39, 0.29) is 23.7 Å². The summed E-state index contributed by atoms with van der Waals surface area (Å²) < 4.78 is 5.19. The molecule has 2 atom stereocenters. The lowest BCUT2D eigenvalue weighted by molar-refractivity contribution is -0.125. The zero-order valence-electron chi connectivity index (χ0n) is 20.1. The number of nitrogens with one attached hydrogen (secondary N) is 2. The average molecular weight is 453 g/mol. The lowest BCUT2D eigenvalue weighted by Crippen LogP contribution is -2.35. The highest BCUT2D eigenvalue weighted by atomic mass is 16.5. The summed E-state index contributed by atoms with van der Waals surface area (Å²) in [6.45, 7) is 3.11. The van der Waals surface area contributed by atoms with Crippen LogP contribution in [-0.4, -0.2) is 76.0 Å². The summed E-state index contributed by atoms with van der Waals surface area (Å²) in [4.78, 5) is 28.9. The van der Waals surface area contributed by atoms with E-state index >= 15 is 0 Å². The van der Waals surface area contributed by atoms with Crippen molar-refractivity contribution in [3.05, 3.63) is 65.2 Å². The minimum absolute atomic E-state index is 0.00729. The van der Waals surface area contributed by atoms with E-state index in [4.69, 9.17) is 4.74 Å². The lowest BCUT2D eigenvalue weighted by Gasteiger charge is -2.19. The minimum atomic E-state index is -0.0727. The molecule has 0 aromatic heterocycles. The van der Waals surface area contributed by atoms with Crippen LogP contribution in [0.15, 0.2) is 48.5 Å². The molecule has 2 N–H and O–H groups in total. The Morgan fingerprint density at radius 1 is 1.00 bits per heavy atom. The van der Waals surface area contributed by atoms with Gasteiger partial charge in [0.1, 0.15) is 5.75 Å². The molecule has 0 saturated carbocycles. The number of hydrogen-bond donors (Lipinski definition) is 2. The molecule has 2 aromatic carbocycles. The van der Waals surface area contributed by atoms with Gasteiger partial charge >= 0.3 is 0 Å². The third kappa shape index (κ3) is 7.30. The van der Waals surface area contributed by atoms with Gasteiger partial charge in [-0.15, -0.1) is 0 Å². The Morgan fingerprint density at radius 2 is 1.67 bits per heavy atom. The van der Waals surface area contributed by atoms with Gasteiger partial charge in [0.15, 0.2) is 0 Å². The van der Waals surface area contributed by atoms with Gasteiger partial charge in [0.05, 0.1) is 19.6 Å². The van der Waals surface area contributed by atoms with Crippen molar-refractivity contribution < 1.29 is 14.3 Å². The van der Waals surface area contributed by atoms with Crippen molar-refractivity contribution in [1.29, 1.82) is 0 Å². The fourth-order valence-corrected chi connectivity index (χ4v) is 4.28. The number of methoxy groups -OCH3 is 1. The van der Waals surface area contributed by atoms with Crippen LogP contribution in [0.4, 0.5) is 0 Å². The first kappa shape index (κ1) is 24.7. The Balaban J connectivity index is 1.53. The standard InChI is InChI=1S/C26H36N4O3/c1-29(2)18-25(31)28-15-20-5-9-21(10-6-20)23-16-30(3)17-24(23)26(32)27-14-13-19-7-11-22(33-4)12-8-19/h5-12,23-24H,13-18H2,1-4H3,(H,27,32)(H,28,31)/t23-,24-/m1/s1. The Labute approximate surface area is 197 Å². The van der Waals surface area contributed by atoms with E-state index in [0.29, 0.717) is 19.6 Å². The van der Waals surface area contributed by atoms with Crippen molar-refractivity contribution in [3.63, 3.8) is 0 Å². The molecule has 0 aliphatic carbocycles. The van der Waals surface area contributed by atoms with E-state index in [0.717, 1.165) is 36.4 Å². The van der Waals surface area contributed by atoms with Gasteiger partial charge in [-0.3, -0.25) is 9.59 Å². The number of carbonyl (C=O) groups excluding carboxylic acids is 2. The van der Waals surface area contributed by atoms with E-state index in [1.165, 1.54) is 5.56 Å². The van der Waals surface area contributed by atoms with Crippen LogP contribution in [0, 0.1) is 5.92 Å². The molecule has 0 spiro atoms. The topological polar surface area (TPSA) is 73.9 Å². The minimum Gasteiger partial charge on any atom is -0.497 e. The second-order valence-electron chi connectivity index (χ2n) is 9.08. The second kappa shape index (κ2) is 11.8. The summed E-state index contributed by atoms with van der Waals surface area (Å²) in [5.74, 6) is 1.04. The molecular formula is C26H36N4O3. The fraction of sp³-hybridized carbons (Fsp3) is 0.462. The van der Waals surface area contributed by atoms with Crippen LogP contribution >= 0.6 is 0 Å². The van der Waals surface area contributed by atoms with Crippen LogP contribution in [0.1, 0.15) is 22.6 Å². The largest absolute Gasteiger partial charge is 0.497 e. The number of carbonyl (C=O) groups is 2. The Morgan fingerprint density at radius 3 is 2.30 bits per heavy atom. The molecule has 7 nitrogen and oxygen atoms in total. The molecule has 2 aromatic rings. The number of likely N-dealkylation sites (N-methyl/N-ethyl adjacent to an activating group) is 2. The van der Waals surface area contributed by atoms with E-state index in [9.17, 15) is 9.59 Å². The Bertz CT molecular complexity index is 912. The van der Waals surface area contributed by atoms with Crippen molar-refractivity contribution >= 4 is 11.8 Å². The summed E-state index contributed by atoms with van der Waals surface area (Å²) in [5, 5.41) is 6.07. The van der Waals surface area contributed by atoms with Crippen molar-refractivity contribution in [1.82, 2.24) is 20.4 Å². The number of benzene rings is 2. The third-order valence-corrected chi connectivity index (χ3v) is 6.07. The van der Waals surface area contributed by atoms with Crippen molar-refractivity contribution in [2.75, 3.05) is 54.4 Å². The van der Waals surface area contributed by atoms with Gasteiger partial charge in [-0.1, -0.05) is 36.4 Å². The number of rotatable bonds is 10. The predicted molar refractivity (Wildman–Crippen MR) is 130 cm³/mol. The maximum Gasteiger partial charge on any atom is 0.234 e. The average Bonchev–Trinajstić information content (AvgIpc) is 3.20. The third-order valence-electron chi connectivity index (χ3n) is 6.07. The molecule has 1 fully saturated rings. The van der Waals surface area contributed by atoms with Crippen molar-refractivity contribution in [2.45, 2.75) is 18.9 Å². The molecule has 2 amide bonds. The van der Waals surface area contributed by atoms with E-state index in [1.807, 2.05) is 55.4 Å². The highest BCUT2D eigenvalue weighted by molar-refractivity contribution is 5.80. The SMILES string of the molecule is COc1ccc(CCNC(=O)[C@@H]2CN(C)C[C@@H]2c2ccc(CNC(=O)CN(C)C)cc2)cc1. The summed E-state index contributed by atoms with van der Waals surface area (Å²) >= 11 is 0. The van der Waals surface area contributed by atoms with Crippen molar-refractivity contribution in [3.8, 4) is 5.75 Å². The maximum absolute atomic E-state index is 13.0. The Hall–Kier alpha value is -2.90. The first-order valence-electron chi connectivity index (χ1n) is 11.4. The normalized spacial score (nSPS) is 18.3. The quantitative estimate of drug-likeness (QED) is 0.576. The zero-order chi connectivity index (χ0) is 23.8.